The molecule has 0 N–H and O–H groups in total. The maximum atomic E-state index is 12.3. The minimum absolute atomic E-state index is 0.264. The van der Waals surface area contributed by atoms with Gasteiger partial charge in [-0.05, 0) is 83.2 Å². The van der Waals surface area contributed by atoms with Gasteiger partial charge in [0.25, 0.3) is 6.01 Å². The van der Waals surface area contributed by atoms with Gasteiger partial charge in [0.15, 0.2) is 5.58 Å². The lowest BCUT2D eigenvalue weighted by molar-refractivity contribution is 0.0270. The number of amides is 1. The topological polar surface area (TPSA) is 74.9 Å². The third-order valence-electron chi connectivity index (χ3n) is 7.11. The number of carbonyl (C=O) groups is 1. The van der Waals surface area contributed by atoms with Crippen LogP contribution in [0.25, 0.3) is 16.8 Å². The van der Waals surface area contributed by atoms with Gasteiger partial charge in [0.2, 0.25) is 5.65 Å². The number of aromatic nitrogens is 2. The molecule has 1 amide bonds. The maximum absolute atomic E-state index is 12.3. The largest absolute Gasteiger partial charge is 0.444 e. The fourth-order valence-corrected chi connectivity index (χ4v) is 5.25. The van der Waals surface area contributed by atoms with Crippen LogP contribution in [0, 0.1) is 0 Å². The Bertz CT molecular complexity index is 1040. The lowest BCUT2D eigenvalue weighted by Gasteiger charge is -2.39. The summed E-state index contributed by atoms with van der Waals surface area (Å²) in [4.78, 5) is 28.3. The van der Waals surface area contributed by atoms with Crippen LogP contribution in [-0.4, -0.2) is 76.8 Å². The van der Waals surface area contributed by atoms with E-state index in [1.54, 1.807) is 4.90 Å². The van der Waals surface area contributed by atoms with E-state index in [-0.39, 0.29) is 6.09 Å². The Hall–Kier alpha value is -2.61. The van der Waals surface area contributed by atoms with E-state index in [2.05, 4.69) is 25.8 Å². The molecule has 0 unspecified atom stereocenters. The summed E-state index contributed by atoms with van der Waals surface area (Å²) in [6, 6.07) is 3.42. The molecule has 0 spiro atoms. The van der Waals surface area contributed by atoms with Gasteiger partial charge in [-0.1, -0.05) is 12.5 Å². The second-order valence-electron chi connectivity index (χ2n) is 10.8. The summed E-state index contributed by atoms with van der Waals surface area (Å²) in [6.45, 7) is 11.3. The molecular formula is C26H37N5O3. The van der Waals surface area contributed by atoms with Crippen LogP contribution in [0.5, 0.6) is 0 Å². The zero-order valence-corrected chi connectivity index (χ0v) is 20.8. The molecule has 184 valence electrons. The third-order valence-corrected chi connectivity index (χ3v) is 7.11. The average Bonchev–Trinajstić information content (AvgIpc) is 3.27. The molecule has 2 aromatic rings. The molecule has 5 rings (SSSR count). The van der Waals surface area contributed by atoms with Gasteiger partial charge in [-0.2, -0.15) is 4.98 Å². The monoisotopic (exact) mass is 467 g/mol. The average molecular weight is 468 g/mol. The molecule has 0 atom stereocenters. The molecule has 3 aliphatic rings. The summed E-state index contributed by atoms with van der Waals surface area (Å²) in [5.74, 6) is 0. The number of hydrogen-bond donors (Lipinski definition) is 0. The smallest absolute Gasteiger partial charge is 0.410 e. The number of fused-ring (bicyclic) bond motifs is 1. The molecular weight excluding hydrogens is 430 g/mol. The number of ether oxygens (including phenoxy) is 1. The van der Waals surface area contributed by atoms with Crippen LogP contribution in [0.15, 0.2) is 22.8 Å². The standard InChI is InChI=1S/C26H37N5O3/c1-26(2,3)34-25(32)31-13-7-19(8-14-31)20-17-22-23(27-18-20)28-24(33-22)30-15-9-21(10-16-30)29-11-5-4-6-12-29/h7,17-18,21H,4-6,8-16H2,1-3H3. The number of hydrogen-bond acceptors (Lipinski definition) is 7. The molecule has 0 aromatic carbocycles. The van der Waals surface area contributed by atoms with Crippen molar-refractivity contribution in [2.45, 2.75) is 70.9 Å². The molecule has 5 heterocycles. The molecule has 3 aliphatic heterocycles. The van der Waals surface area contributed by atoms with Crippen molar-refractivity contribution in [2.75, 3.05) is 44.2 Å². The van der Waals surface area contributed by atoms with E-state index in [1.165, 1.54) is 50.8 Å². The van der Waals surface area contributed by atoms with E-state index in [1.807, 2.05) is 33.0 Å². The van der Waals surface area contributed by atoms with Crippen molar-refractivity contribution < 1.29 is 13.9 Å². The number of oxazole rings is 1. The fraction of sp³-hybridized carbons (Fsp3) is 0.654. The van der Waals surface area contributed by atoms with Crippen molar-refractivity contribution in [2.24, 2.45) is 0 Å². The molecule has 2 fully saturated rings. The fourth-order valence-electron chi connectivity index (χ4n) is 5.25. The number of likely N-dealkylation sites (tertiary alicyclic amines) is 1. The summed E-state index contributed by atoms with van der Waals surface area (Å²) >= 11 is 0. The lowest BCUT2D eigenvalue weighted by Crippen LogP contribution is -2.46. The Balaban J connectivity index is 1.22. The normalized spacial score (nSPS) is 21.1. The Morgan fingerprint density at radius 1 is 1.09 bits per heavy atom. The summed E-state index contributed by atoms with van der Waals surface area (Å²) in [5, 5.41) is 0. The van der Waals surface area contributed by atoms with Crippen LogP contribution in [0.4, 0.5) is 10.8 Å². The number of carbonyl (C=O) groups excluding carboxylic acids is 1. The minimum Gasteiger partial charge on any atom is -0.444 e. The van der Waals surface area contributed by atoms with E-state index in [0.717, 1.165) is 30.7 Å². The van der Waals surface area contributed by atoms with Crippen molar-refractivity contribution in [1.82, 2.24) is 19.8 Å². The van der Waals surface area contributed by atoms with Gasteiger partial charge < -0.3 is 23.9 Å². The van der Waals surface area contributed by atoms with Gasteiger partial charge in [0.1, 0.15) is 5.60 Å². The van der Waals surface area contributed by atoms with E-state index >= 15 is 0 Å². The highest BCUT2D eigenvalue weighted by Crippen LogP contribution is 2.29. The first-order chi connectivity index (χ1) is 16.4. The van der Waals surface area contributed by atoms with Crippen molar-refractivity contribution in [3.05, 3.63) is 23.9 Å². The van der Waals surface area contributed by atoms with E-state index < -0.39 is 5.60 Å². The molecule has 34 heavy (non-hydrogen) atoms. The first-order valence-corrected chi connectivity index (χ1v) is 12.8. The van der Waals surface area contributed by atoms with Crippen LogP contribution < -0.4 is 4.90 Å². The van der Waals surface area contributed by atoms with Gasteiger partial charge in [-0.25, -0.2) is 9.78 Å². The Labute approximate surface area is 201 Å². The highest BCUT2D eigenvalue weighted by atomic mass is 16.6. The molecule has 0 bridgehead atoms. The molecule has 0 aliphatic carbocycles. The molecule has 8 nitrogen and oxygen atoms in total. The third kappa shape index (κ3) is 5.22. The number of piperidine rings is 2. The van der Waals surface area contributed by atoms with Crippen LogP contribution in [0.3, 0.4) is 0 Å². The van der Waals surface area contributed by atoms with E-state index in [9.17, 15) is 4.79 Å². The second kappa shape index (κ2) is 9.56. The van der Waals surface area contributed by atoms with Gasteiger partial charge in [0, 0.05) is 38.4 Å². The van der Waals surface area contributed by atoms with Crippen LogP contribution in [0.1, 0.15) is 64.9 Å². The Morgan fingerprint density at radius 2 is 1.85 bits per heavy atom. The summed E-state index contributed by atoms with van der Waals surface area (Å²) in [5.41, 5.74) is 3.10. The van der Waals surface area contributed by atoms with Crippen LogP contribution in [-0.2, 0) is 4.74 Å². The Kier molecular flexibility index (Phi) is 6.51. The molecule has 0 radical (unpaired) electrons. The van der Waals surface area contributed by atoms with Crippen LogP contribution in [0.2, 0.25) is 0 Å². The first kappa shape index (κ1) is 23.1. The number of rotatable bonds is 3. The van der Waals surface area contributed by atoms with Gasteiger partial charge in [-0.3, -0.25) is 0 Å². The zero-order valence-electron chi connectivity index (χ0n) is 20.8. The lowest BCUT2D eigenvalue weighted by atomic mass is 10.0. The predicted molar refractivity (Wildman–Crippen MR) is 133 cm³/mol. The second-order valence-corrected chi connectivity index (χ2v) is 10.8. The van der Waals surface area contributed by atoms with E-state index in [4.69, 9.17) is 9.15 Å². The van der Waals surface area contributed by atoms with Crippen molar-refractivity contribution >= 4 is 28.9 Å². The van der Waals surface area contributed by atoms with Crippen molar-refractivity contribution in [3.63, 3.8) is 0 Å². The highest BCUT2D eigenvalue weighted by Gasteiger charge is 2.28. The van der Waals surface area contributed by atoms with Gasteiger partial charge in [-0.15, -0.1) is 0 Å². The first-order valence-electron chi connectivity index (χ1n) is 12.8. The number of nitrogens with zero attached hydrogens (tertiary/aromatic N) is 5. The highest BCUT2D eigenvalue weighted by molar-refractivity contribution is 5.78. The quantitative estimate of drug-likeness (QED) is 0.648. The van der Waals surface area contributed by atoms with Crippen molar-refractivity contribution in [3.8, 4) is 0 Å². The van der Waals surface area contributed by atoms with Crippen LogP contribution >= 0.6 is 0 Å². The number of anilines is 1. The van der Waals surface area contributed by atoms with E-state index in [0.29, 0.717) is 30.8 Å². The minimum atomic E-state index is -0.483. The summed E-state index contributed by atoms with van der Waals surface area (Å²) < 4.78 is 11.7. The SMILES string of the molecule is CC(C)(C)OC(=O)N1CC=C(c2cnc3nc(N4CCC(N5CCCCC5)CC4)oc3c2)CC1. The molecule has 2 saturated heterocycles. The number of pyridine rings is 1. The maximum Gasteiger partial charge on any atom is 0.410 e. The van der Waals surface area contributed by atoms with Crippen molar-refractivity contribution in [1.29, 1.82) is 0 Å². The van der Waals surface area contributed by atoms with Gasteiger partial charge in [0.05, 0.1) is 0 Å². The Morgan fingerprint density at radius 3 is 2.53 bits per heavy atom. The predicted octanol–water partition coefficient (Wildman–Crippen LogP) is 4.70. The summed E-state index contributed by atoms with van der Waals surface area (Å²) in [7, 11) is 0. The summed E-state index contributed by atoms with van der Waals surface area (Å²) in [6.07, 6.45) is 10.8. The molecule has 0 saturated carbocycles. The molecule has 2 aromatic heterocycles. The van der Waals surface area contributed by atoms with Gasteiger partial charge >= 0.3 is 6.09 Å². The molecule has 8 heteroatoms. The zero-order chi connectivity index (χ0) is 23.7.